The molecule has 1 atom stereocenters. The molecule has 2 aromatic rings. The second kappa shape index (κ2) is 8.10. The van der Waals surface area contributed by atoms with Gasteiger partial charge in [-0.1, -0.05) is 29.8 Å². The minimum absolute atomic E-state index is 0.227. The summed E-state index contributed by atoms with van der Waals surface area (Å²) in [5.41, 5.74) is -0.118. The van der Waals surface area contributed by atoms with Crippen molar-refractivity contribution in [1.82, 2.24) is 10.2 Å². The van der Waals surface area contributed by atoms with E-state index in [4.69, 9.17) is 11.6 Å². The minimum Gasteiger partial charge on any atom is -0.406 e. The number of carbonyl (C=O) groups excluding carboxylic acids is 3. The molecule has 31 heavy (non-hydrogen) atoms. The number of aryl methyl sites for hydroxylation is 1. The van der Waals surface area contributed by atoms with Crippen LogP contribution in [0.25, 0.3) is 0 Å². The summed E-state index contributed by atoms with van der Waals surface area (Å²) in [5.74, 6) is -1.84. The molecule has 2 aromatic carbocycles. The van der Waals surface area contributed by atoms with Gasteiger partial charge in [0.25, 0.3) is 5.91 Å². The smallest absolute Gasteiger partial charge is 0.406 e. The Kier molecular flexibility index (Phi) is 5.86. The van der Waals surface area contributed by atoms with Gasteiger partial charge in [-0.05, 0) is 49.2 Å². The maximum atomic E-state index is 12.9. The average molecular weight is 456 g/mol. The van der Waals surface area contributed by atoms with E-state index in [1.54, 1.807) is 18.2 Å². The van der Waals surface area contributed by atoms with Crippen LogP contribution in [0.4, 0.5) is 23.7 Å². The number of hydrogen-bond donors (Lipinski definition) is 2. The highest BCUT2D eigenvalue weighted by atomic mass is 35.5. The van der Waals surface area contributed by atoms with Crippen LogP contribution in [0.1, 0.15) is 18.1 Å². The minimum atomic E-state index is -4.85. The molecule has 1 aliphatic rings. The van der Waals surface area contributed by atoms with Crippen molar-refractivity contribution in [2.24, 2.45) is 0 Å². The molecule has 0 saturated carbocycles. The highest BCUT2D eigenvalue weighted by Gasteiger charge is 2.49. The monoisotopic (exact) mass is 455 g/mol. The topological polar surface area (TPSA) is 87.7 Å². The van der Waals surface area contributed by atoms with Crippen molar-refractivity contribution < 1.29 is 32.3 Å². The number of halogens is 4. The number of rotatable bonds is 5. The fourth-order valence-corrected chi connectivity index (χ4v) is 3.36. The summed E-state index contributed by atoms with van der Waals surface area (Å²) < 4.78 is 40.8. The van der Waals surface area contributed by atoms with E-state index in [9.17, 15) is 27.6 Å². The molecule has 7 nitrogen and oxygen atoms in total. The Morgan fingerprint density at radius 2 is 1.84 bits per heavy atom. The number of benzene rings is 2. The van der Waals surface area contributed by atoms with Crippen LogP contribution in [0.15, 0.2) is 42.5 Å². The van der Waals surface area contributed by atoms with E-state index in [1.807, 2.05) is 6.92 Å². The van der Waals surface area contributed by atoms with Crippen LogP contribution in [0, 0.1) is 6.92 Å². The molecule has 1 unspecified atom stereocenters. The summed E-state index contributed by atoms with van der Waals surface area (Å²) in [6, 6.07) is 8.69. The first-order valence-electron chi connectivity index (χ1n) is 8.95. The van der Waals surface area contributed by atoms with E-state index >= 15 is 0 Å². The van der Waals surface area contributed by atoms with Gasteiger partial charge in [-0.2, -0.15) is 0 Å². The third-order valence-electron chi connectivity index (χ3n) is 4.64. The normalized spacial score (nSPS) is 18.7. The number of urea groups is 1. The average Bonchev–Trinajstić information content (AvgIpc) is 2.87. The predicted octanol–water partition coefficient (Wildman–Crippen LogP) is 3.95. The van der Waals surface area contributed by atoms with Crippen molar-refractivity contribution in [2.45, 2.75) is 25.7 Å². The molecule has 0 aliphatic carbocycles. The quantitative estimate of drug-likeness (QED) is 0.668. The Balaban J connectivity index is 1.73. The lowest BCUT2D eigenvalue weighted by Crippen LogP contribution is -2.42. The zero-order chi connectivity index (χ0) is 23.0. The number of anilines is 1. The van der Waals surface area contributed by atoms with Crippen LogP contribution in [0.3, 0.4) is 0 Å². The first-order chi connectivity index (χ1) is 14.4. The van der Waals surface area contributed by atoms with Gasteiger partial charge in [-0.3, -0.25) is 14.5 Å². The highest BCUT2D eigenvalue weighted by Crippen LogP contribution is 2.31. The number of amides is 4. The Hall–Kier alpha value is -3.27. The van der Waals surface area contributed by atoms with E-state index in [2.05, 4.69) is 15.4 Å². The van der Waals surface area contributed by atoms with Crippen LogP contribution in [0.5, 0.6) is 5.75 Å². The van der Waals surface area contributed by atoms with Crippen LogP contribution in [-0.4, -0.2) is 35.7 Å². The number of ether oxygens (including phenoxy) is 1. The highest BCUT2D eigenvalue weighted by molar-refractivity contribution is 6.33. The largest absolute Gasteiger partial charge is 0.573 e. The Labute approximate surface area is 180 Å². The van der Waals surface area contributed by atoms with Gasteiger partial charge in [0.1, 0.15) is 17.8 Å². The molecule has 3 rings (SSSR count). The summed E-state index contributed by atoms with van der Waals surface area (Å²) >= 11 is 6.07. The molecular weight excluding hydrogens is 439 g/mol. The van der Waals surface area contributed by atoms with E-state index < -0.39 is 42.0 Å². The molecule has 0 bridgehead atoms. The molecular formula is C20H17ClF3N3O4. The number of imide groups is 1. The van der Waals surface area contributed by atoms with E-state index in [1.165, 1.54) is 19.1 Å². The number of carbonyl (C=O) groups is 3. The van der Waals surface area contributed by atoms with E-state index in [0.29, 0.717) is 10.7 Å². The van der Waals surface area contributed by atoms with Crippen molar-refractivity contribution in [3.8, 4) is 5.75 Å². The standard InChI is InChI=1S/C20H17ClF3N3O4/c1-11-3-8-15(14(21)9-11)25-16(28)10-27-17(29)19(2,26-18(27)30)12-4-6-13(7-5-12)31-20(22,23)24/h3-9H,10H2,1-2H3,(H,25,28)(H,26,30). The summed E-state index contributed by atoms with van der Waals surface area (Å²) in [4.78, 5) is 38.3. The molecule has 164 valence electrons. The summed E-state index contributed by atoms with van der Waals surface area (Å²) in [7, 11) is 0. The molecule has 1 fully saturated rings. The van der Waals surface area contributed by atoms with Gasteiger partial charge in [0.2, 0.25) is 5.91 Å². The van der Waals surface area contributed by atoms with Gasteiger partial charge in [-0.15, -0.1) is 13.2 Å². The Morgan fingerprint density at radius 1 is 1.19 bits per heavy atom. The first kappa shape index (κ1) is 22.4. The number of hydrogen-bond acceptors (Lipinski definition) is 4. The Morgan fingerprint density at radius 3 is 2.42 bits per heavy atom. The van der Waals surface area contributed by atoms with Crippen molar-refractivity contribution in [3.05, 3.63) is 58.6 Å². The molecule has 0 aromatic heterocycles. The Bertz CT molecular complexity index is 1040. The zero-order valence-electron chi connectivity index (χ0n) is 16.3. The van der Waals surface area contributed by atoms with Gasteiger partial charge in [-0.25, -0.2) is 4.79 Å². The van der Waals surface area contributed by atoms with Crippen molar-refractivity contribution in [3.63, 3.8) is 0 Å². The third-order valence-corrected chi connectivity index (χ3v) is 4.95. The van der Waals surface area contributed by atoms with Crippen LogP contribution < -0.4 is 15.4 Å². The maximum Gasteiger partial charge on any atom is 0.573 e. The molecule has 2 N–H and O–H groups in total. The SMILES string of the molecule is Cc1ccc(NC(=O)CN2C(=O)NC(C)(c3ccc(OC(F)(F)F)cc3)C2=O)c(Cl)c1. The lowest BCUT2D eigenvalue weighted by Gasteiger charge is -2.22. The van der Waals surface area contributed by atoms with Gasteiger partial charge >= 0.3 is 12.4 Å². The van der Waals surface area contributed by atoms with Crippen LogP contribution >= 0.6 is 11.6 Å². The lowest BCUT2D eigenvalue weighted by atomic mass is 9.92. The summed E-state index contributed by atoms with van der Waals surface area (Å²) in [6.07, 6.45) is -4.85. The maximum absolute atomic E-state index is 12.9. The second-order valence-corrected chi connectivity index (χ2v) is 7.46. The molecule has 4 amide bonds. The number of nitrogens with zero attached hydrogens (tertiary/aromatic N) is 1. The van der Waals surface area contributed by atoms with Crippen LogP contribution in [0.2, 0.25) is 5.02 Å². The molecule has 11 heteroatoms. The molecule has 1 saturated heterocycles. The fraction of sp³-hybridized carbons (Fsp3) is 0.250. The van der Waals surface area contributed by atoms with Gasteiger partial charge in [0, 0.05) is 0 Å². The second-order valence-electron chi connectivity index (χ2n) is 7.05. The third kappa shape index (κ3) is 4.91. The van der Waals surface area contributed by atoms with Crippen molar-refractivity contribution >= 4 is 35.1 Å². The van der Waals surface area contributed by atoms with Crippen LogP contribution in [-0.2, 0) is 15.1 Å². The fourth-order valence-electron chi connectivity index (χ4n) is 3.08. The number of alkyl halides is 3. The summed E-state index contributed by atoms with van der Waals surface area (Å²) in [5, 5.41) is 5.31. The molecule has 0 radical (unpaired) electrons. The van der Waals surface area contributed by atoms with Crippen molar-refractivity contribution in [2.75, 3.05) is 11.9 Å². The van der Waals surface area contributed by atoms with Gasteiger partial charge < -0.3 is 15.4 Å². The lowest BCUT2D eigenvalue weighted by molar-refractivity contribution is -0.274. The summed E-state index contributed by atoms with van der Waals surface area (Å²) in [6.45, 7) is 2.65. The molecule has 0 spiro atoms. The van der Waals surface area contributed by atoms with Gasteiger partial charge in [0.15, 0.2) is 0 Å². The first-order valence-corrected chi connectivity index (χ1v) is 9.33. The van der Waals surface area contributed by atoms with E-state index in [0.717, 1.165) is 22.6 Å². The van der Waals surface area contributed by atoms with Crippen molar-refractivity contribution in [1.29, 1.82) is 0 Å². The predicted molar refractivity (Wildman–Crippen MR) is 106 cm³/mol. The number of nitrogens with one attached hydrogen (secondary N) is 2. The van der Waals surface area contributed by atoms with Gasteiger partial charge in [0.05, 0.1) is 10.7 Å². The van der Waals surface area contributed by atoms with E-state index in [-0.39, 0.29) is 5.56 Å². The molecule has 1 aliphatic heterocycles. The molecule has 1 heterocycles. The zero-order valence-corrected chi connectivity index (χ0v) is 17.1.